The van der Waals surface area contributed by atoms with Gasteiger partial charge in [0.1, 0.15) is 5.75 Å². The van der Waals surface area contributed by atoms with Crippen LogP contribution in [0.15, 0.2) is 12.1 Å². The van der Waals surface area contributed by atoms with E-state index in [0.29, 0.717) is 12.2 Å². The molecule has 0 aliphatic heterocycles. The maximum Gasteiger partial charge on any atom is 0.165 e. The number of rotatable bonds is 4. The summed E-state index contributed by atoms with van der Waals surface area (Å²) in [5.41, 5.74) is 6.24. The Hall–Kier alpha value is -1.29. The minimum absolute atomic E-state index is 0.176. The summed E-state index contributed by atoms with van der Waals surface area (Å²) in [4.78, 5) is 0. The second-order valence-corrected chi connectivity index (χ2v) is 4.46. The molecule has 0 spiro atoms. The minimum atomic E-state index is -0.408. The van der Waals surface area contributed by atoms with Crippen LogP contribution in [0.25, 0.3) is 0 Å². The molecular weight excluding hydrogens is 209 g/mol. The predicted octanol–water partition coefficient (Wildman–Crippen LogP) is 2.12. The van der Waals surface area contributed by atoms with Gasteiger partial charge < -0.3 is 15.2 Å². The van der Waals surface area contributed by atoms with Crippen molar-refractivity contribution in [1.82, 2.24) is 0 Å². The highest BCUT2D eigenvalue weighted by Gasteiger charge is 2.17. The molecule has 0 bridgehead atoms. The number of benzene rings is 1. The maximum atomic E-state index is 13.5. The molecule has 90 valence electrons. The van der Waals surface area contributed by atoms with Crippen molar-refractivity contribution in [2.75, 3.05) is 14.2 Å². The van der Waals surface area contributed by atoms with Crippen molar-refractivity contribution in [1.29, 1.82) is 0 Å². The molecule has 1 aromatic rings. The molecule has 0 radical (unpaired) electrons. The van der Waals surface area contributed by atoms with Gasteiger partial charge in [0.15, 0.2) is 11.6 Å². The van der Waals surface area contributed by atoms with Crippen LogP contribution in [0.2, 0.25) is 0 Å². The van der Waals surface area contributed by atoms with Gasteiger partial charge in [-0.2, -0.15) is 0 Å². The van der Waals surface area contributed by atoms with Gasteiger partial charge in [-0.05, 0) is 31.9 Å². The van der Waals surface area contributed by atoms with Crippen molar-refractivity contribution >= 4 is 0 Å². The van der Waals surface area contributed by atoms with Crippen molar-refractivity contribution in [3.05, 3.63) is 23.5 Å². The molecule has 3 nitrogen and oxygen atoms in total. The highest BCUT2D eigenvalue weighted by molar-refractivity contribution is 5.42. The summed E-state index contributed by atoms with van der Waals surface area (Å²) in [6.45, 7) is 3.77. The molecule has 0 fully saturated rings. The second kappa shape index (κ2) is 4.70. The van der Waals surface area contributed by atoms with Gasteiger partial charge in [0, 0.05) is 11.6 Å². The van der Waals surface area contributed by atoms with Crippen LogP contribution >= 0.6 is 0 Å². The van der Waals surface area contributed by atoms with Crippen LogP contribution in [-0.2, 0) is 6.42 Å². The van der Waals surface area contributed by atoms with Gasteiger partial charge in [0.25, 0.3) is 0 Å². The number of ether oxygens (including phenoxy) is 2. The van der Waals surface area contributed by atoms with Crippen molar-refractivity contribution in [3.63, 3.8) is 0 Å². The van der Waals surface area contributed by atoms with E-state index in [1.807, 2.05) is 13.8 Å². The molecule has 0 unspecified atom stereocenters. The Labute approximate surface area is 95.4 Å². The zero-order valence-corrected chi connectivity index (χ0v) is 10.1. The van der Waals surface area contributed by atoms with Gasteiger partial charge in [0.2, 0.25) is 0 Å². The standard InChI is InChI=1S/C12H18FNO2/c1-12(2,14)7-8-5-9(13)11(16-4)6-10(8)15-3/h5-6H,7,14H2,1-4H3. The molecular formula is C12H18FNO2. The van der Waals surface area contributed by atoms with Crippen LogP contribution in [0.3, 0.4) is 0 Å². The van der Waals surface area contributed by atoms with Crippen molar-refractivity contribution in [2.24, 2.45) is 5.73 Å². The lowest BCUT2D eigenvalue weighted by Crippen LogP contribution is -2.34. The van der Waals surface area contributed by atoms with Crippen LogP contribution in [0.1, 0.15) is 19.4 Å². The first kappa shape index (κ1) is 12.8. The molecule has 0 aliphatic rings. The molecule has 1 aromatic carbocycles. The Morgan fingerprint density at radius 2 is 1.75 bits per heavy atom. The van der Waals surface area contributed by atoms with E-state index in [0.717, 1.165) is 5.56 Å². The zero-order chi connectivity index (χ0) is 12.3. The monoisotopic (exact) mass is 227 g/mol. The van der Waals surface area contributed by atoms with E-state index in [1.54, 1.807) is 7.11 Å². The van der Waals surface area contributed by atoms with Crippen molar-refractivity contribution in [3.8, 4) is 11.5 Å². The fourth-order valence-corrected chi connectivity index (χ4v) is 1.55. The summed E-state index contributed by atoms with van der Waals surface area (Å²) in [7, 11) is 2.96. The smallest absolute Gasteiger partial charge is 0.165 e. The van der Waals surface area contributed by atoms with Gasteiger partial charge in [-0.25, -0.2) is 4.39 Å². The van der Waals surface area contributed by atoms with Gasteiger partial charge in [-0.15, -0.1) is 0 Å². The third-order valence-corrected chi connectivity index (χ3v) is 2.20. The number of methoxy groups -OCH3 is 2. The van der Waals surface area contributed by atoms with Crippen LogP contribution < -0.4 is 15.2 Å². The Bertz CT molecular complexity index is 372. The summed E-state index contributed by atoms with van der Waals surface area (Å²) >= 11 is 0. The molecule has 2 N–H and O–H groups in total. The number of nitrogens with two attached hydrogens (primary N) is 1. The molecule has 0 saturated carbocycles. The van der Waals surface area contributed by atoms with E-state index in [1.165, 1.54) is 19.2 Å². The Balaban J connectivity index is 3.13. The SMILES string of the molecule is COc1cc(OC)c(CC(C)(C)N)cc1F. The number of hydrogen-bond donors (Lipinski definition) is 1. The molecule has 1 rings (SSSR count). The van der Waals surface area contributed by atoms with Gasteiger partial charge in [0.05, 0.1) is 14.2 Å². The van der Waals surface area contributed by atoms with Crippen molar-refractivity contribution < 1.29 is 13.9 Å². The summed E-state index contributed by atoms with van der Waals surface area (Å²) < 4.78 is 23.6. The normalized spacial score (nSPS) is 11.4. The lowest BCUT2D eigenvalue weighted by molar-refractivity contribution is 0.368. The van der Waals surface area contributed by atoms with E-state index >= 15 is 0 Å². The molecule has 0 aromatic heterocycles. The van der Waals surface area contributed by atoms with E-state index in [-0.39, 0.29) is 5.75 Å². The fourth-order valence-electron chi connectivity index (χ4n) is 1.55. The maximum absolute atomic E-state index is 13.5. The highest BCUT2D eigenvalue weighted by Crippen LogP contribution is 2.29. The molecule has 0 amide bonds. The van der Waals surface area contributed by atoms with Gasteiger partial charge >= 0.3 is 0 Å². The summed E-state index contributed by atoms with van der Waals surface area (Å²) in [5.74, 6) is 0.370. The Morgan fingerprint density at radius 3 is 2.19 bits per heavy atom. The van der Waals surface area contributed by atoms with E-state index in [2.05, 4.69) is 0 Å². The van der Waals surface area contributed by atoms with Gasteiger partial charge in [-0.3, -0.25) is 0 Å². The van der Waals surface area contributed by atoms with Crippen LogP contribution in [0.4, 0.5) is 4.39 Å². The first-order chi connectivity index (χ1) is 7.37. The summed E-state index contributed by atoms with van der Waals surface area (Å²) in [6, 6.07) is 2.95. The third kappa shape index (κ3) is 3.10. The summed E-state index contributed by atoms with van der Waals surface area (Å²) in [6.07, 6.45) is 0.539. The molecule has 0 atom stereocenters. The Kier molecular flexibility index (Phi) is 3.75. The highest BCUT2D eigenvalue weighted by atomic mass is 19.1. The lowest BCUT2D eigenvalue weighted by Gasteiger charge is -2.20. The first-order valence-corrected chi connectivity index (χ1v) is 5.06. The lowest BCUT2D eigenvalue weighted by atomic mass is 9.95. The largest absolute Gasteiger partial charge is 0.496 e. The minimum Gasteiger partial charge on any atom is -0.496 e. The van der Waals surface area contributed by atoms with E-state index in [4.69, 9.17) is 15.2 Å². The molecule has 0 heterocycles. The fraction of sp³-hybridized carbons (Fsp3) is 0.500. The topological polar surface area (TPSA) is 44.5 Å². The van der Waals surface area contributed by atoms with Crippen LogP contribution in [0.5, 0.6) is 11.5 Å². The average molecular weight is 227 g/mol. The zero-order valence-electron chi connectivity index (χ0n) is 10.1. The molecule has 0 aliphatic carbocycles. The van der Waals surface area contributed by atoms with E-state index < -0.39 is 11.4 Å². The predicted molar refractivity (Wildman–Crippen MR) is 61.5 cm³/mol. The van der Waals surface area contributed by atoms with Crippen molar-refractivity contribution in [2.45, 2.75) is 25.8 Å². The molecule has 4 heteroatoms. The number of halogens is 1. The number of hydrogen-bond acceptors (Lipinski definition) is 3. The first-order valence-electron chi connectivity index (χ1n) is 5.06. The van der Waals surface area contributed by atoms with E-state index in [9.17, 15) is 4.39 Å². The molecule has 16 heavy (non-hydrogen) atoms. The average Bonchev–Trinajstić information content (AvgIpc) is 2.16. The third-order valence-electron chi connectivity index (χ3n) is 2.20. The quantitative estimate of drug-likeness (QED) is 0.857. The summed E-state index contributed by atoms with van der Waals surface area (Å²) in [5, 5.41) is 0. The van der Waals surface area contributed by atoms with Crippen LogP contribution in [0, 0.1) is 5.82 Å². The van der Waals surface area contributed by atoms with Gasteiger partial charge in [-0.1, -0.05) is 0 Å². The second-order valence-electron chi connectivity index (χ2n) is 4.46. The molecule has 0 saturated heterocycles. The van der Waals surface area contributed by atoms with Crippen LogP contribution in [-0.4, -0.2) is 19.8 Å². The Morgan fingerprint density at radius 1 is 1.19 bits per heavy atom.